The number of benzene rings is 1. The summed E-state index contributed by atoms with van der Waals surface area (Å²) in [6, 6.07) is 3.98. The maximum atomic E-state index is 14.3. The Morgan fingerprint density at radius 3 is 2.59 bits per heavy atom. The Balaban J connectivity index is 2.17. The van der Waals surface area contributed by atoms with Crippen LogP contribution in [0.4, 0.5) is 14.6 Å². The van der Waals surface area contributed by atoms with E-state index in [1.807, 2.05) is 6.92 Å². The van der Waals surface area contributed by atoms with Gasteiger partial charge in [-0.1, -0.05) is 13.0 Å². The fourth-order valence-electron chi connectivity index (χ4n) is 2.92. The van der Waals surface area contributed by atoms with E-state index in [1.165, 1.54) is 12.1 Å². The van der Waals surface area contributed by atoms with Gasteiger partial charge in [0.1, 0.15) is 11.6 Å². The first kappa shape index (κ1) is 19.2. The van der Waals surface area contributed by atoms with Crippen molar-refractivity contribution in [3.05, 3.63) is 35.7 Å². The maximum absolute atomic E-state index is 14.3. The van der Waals surface area contributed by atoms with Gasteiger partial charge in [-0.2, -0.15) is 0 Å². The average molecular weight is 375 g/mol. The number of hydrogen-bond donors (Lipinski definition) is 2. The van der Waals surface area contributed by atoms with Crippen LogP contribution in [0.2, 0.25) is 0 Å². The highest BCUT2D eigenvalue weighted by Crippen LogP contribution is 2.29. The molecular formula is C19H23F2N5O. The molecule has 0 saturated heterocycles. The van der Waals surface area contributed by atoms with Gasteiger partial charge in [0.2, 0.25) is 0 Å². The van der Waals surface area contributed by atoms with E-state index in [1.54, 1.807) is 18.4 Å². The molecule has 0 aliphatic rings. The maximum Gasteiger partial charge on any atom is 0.169 e. The number of rotatable bonds is 6. The summed E-state index contributed by atoms with van der Waals surface area (Å²) in [4.78, 5) is 13.2. The van der Waals surface area contributed by atoms with Crippen molar-refractivity contribution in [1.29, 1.82) is 0 Å². The molecule has 0 bridgehead atoms. The minimum absolute atomic E-state index is 0.0545. The Kier molecular flexibility index (Phi) is 5.10. The summed E-state index contributed by atoms with van der Waals surface area (Å²) in [7, 11) is 0. The van der Waals surface area contributed by atoms with Gasteiger partial charge in [-0.05, 0) is 38.8 Å². The van der Waals surface area contributed by atoms with Gasteiger partial charge in [0.15, 0.2) is 28.6 Å². The summed E-state index contributed by atoms with van der Waals surface area (Å²) in [6.45, 7) is 5.91. The van der Waals surface area contributed by atoms with Crippen molar-refractivity contribution in [2.75, 3.05) is 5.73 Å². The Labute approximate surface area is 156 Å². The van der Waals surface area contributed by atoms with Gasteiger partial charge in [-0.25, -0.2) is 23.7 Å². The number of nitrogen functional groups attached to an aromatic ring is 1. The molecule has 3 aromatic rings. The first-order valence-corrected chi connectivity index (χ1v) is 8.90. The highest BCUT2D eigenvalue weighted by atomic mass is 19.2. The minimum Gasteiger partial charge on any atom is -0.390 e. The predicted molar refractivity (Wildman–Crippen MR) is 100.0 cm³/mol. The summed E-state index contributed by atoms with van der Waals surface area (Å²) >= 11 is 0. The molecule has 3 rings (SSSR count). The van der Waals surface area contributed by atoms with Crippen LogP contribution in [0.3, 0.4) is 0 Å². The lowest BCUT2D eigenvalue weighted by atomic mass is 10.0. The topological polar surface area (TPSA) is 89.9 Å². The molecule has 144 valence electrons. The number of anilines is 1. The fraction of sp³-hybridized carbons (Fsp3) is 0.421. The van der Waals surface area contributed by atoms with Crippen LogP contribution < -0.4 is 5.73 Å². The average Bonchev–Trinajstić information content (AvgIpc) is 2.94. The van der Waals surface area contributed by atoms with E-state index in [2.05, 4.69) is 15.0 Å². The van der Waals surface area contributed by atoms with Gasteiger partial charge in [-0.15, -0.1) is 0 Å². The van der Waals surface area contributed by atoms with Gasteiger partial charge < -0.3 is 15.4 Å². The zero-order valence-electron chi connectivity index (χ0n) is 15.6. The summed E-state index contributed by atoms with van der Waals surface area (Å²) in [5.74, 6) is -0.972. The van der Waals surface area contributed by atoms with Crippen molar-refractivity contribution in [1.82, 2.24) is 19.5 Å². The molecule has 1 aromatic carbocycles. The Hall–Kier alpha value is -2.61. The van der Waals surface area contributed by atoms with Crippen molar-refractivity contribution in [3.8, 4) is 11.4 Å². The second kappa shape index (κ2) is 7.19. The van der Waals surface area contributed by atoms with Gasteiger partial charge >= 0.3 is 0 Å². The van der Waals surface area contributed by atoms with Crippen molar-refractivity contribution in [2.24, 2.45) is 0 Å². The van der Waals surface area contributed by atoms with E-state index in [0.717, 1.165) is 12.5 Å². The zero-order chi connectivity index (χ0) is 19.8. The molecule has 0 aliphatic carbocycles. The number of imidazole rings is 1. The third-order valence-corrected chi connectivity index (χ3v) is 4.27. The van der Waals surface area contributed by atoms with E-state index in [4.69, 9.17) is 5.73 Å². The lowest BCUT2D eigenvalue weighted by molar-refractivity contribution is 0.0708. The quantitative estimate of drug-likeness (QED) is 0.689. The van der Waals surface area contributed by atoms with Crippen molar-refractivity contribution >= 4 is 17.0 Å². The lowest BCUT2D eigenvalue weighted by Gasteiger charge is -2.16. The first-order chi connectivity index (χ1) is 12.7. The Bertz CT molecular complexity index is 978. The number of aryl methyl sites for hydroxylation is 2. The monoisotopic (exact) mass is 375 g/mol. The van der Waals surface area contributed by atoms with Crippen LogP contribution in [0.25, 0.3) is 22.6 Å². The molecule has 27 heavy (non-hydrogen) atoms. The molecule has 0 fully saturated rings. The molecule has 0 radical (unpaired) electrons. The molecule has 0 amide bonds. The van der Waals surface area contributed by atoms with Crippen LogP contribution in [0, 0.1) is 11.6 Å². The number of nitrogens with zero attached hydrogens (tertiary/aromatic N) is 4. The van der Waals surface area contributed by atoms with E-state index in [9.17, 15) is 13.9 Å². The number of hydrogen-bond acceptors (Lipinski definition) is 5. The predicted octanol–water partition coefficient (Wildman–Crippen LogP) is 3.47. The van der Waals surface area contributed by atoms with E-state index in [-0.39, 0.29) is 17.2 Å². The smallest absolute Gasteiger partial charge is 0.169 e. The van der Waals surface area contributed by atoms with Gasteiger partial charge in [-0.3, -0.25) is 0 Å². The summed E-state index contributed by atoms with van der Waals surface area (Å²) < 4.78 is 29.8. The number of halogens is 2. The molecule has 0 aliphatic heterocycles. The molecule has 0 spiro atoms. The van der Waals surface area contributed by atoms with Crippen molar-refractivity contribution < 1.29 is 13.9 Å². The number of fused-ring (bicyclic) bond motifs is 1. The Morgan fingerprint density at radius 2 is 1.93 bits per heavy atom. The third-order valence-electron chi connectivity index (χ3n) is 4.27. The van der Waals surface area contributed by atoms with Crippen LogP contribution in [0.15, 0.2) is 18.2 Å². The van der Waals surface area contributed by atoms with Crippen LogP contribution in [-0.4, -0.2) is 30.2 Å². The SMILES string of the molecule is CCCn1c(-c2cccc(F)c2F)nc2c(N)nc(CCC(C)(C)O)nc21. The van der Waals surface area contributed by atoms with Crippen LogP contribution >= 0.6 is 0 Å². The molecule has 3 N–H and O–H groups in total. The molecule has 2 aromatic heterocycles. The van der Waals surface area contributed by atoms with Gasteiger partial charge in [0.25, 0.3) is 0 Å². The Morgan fingerprint density at radius 1 is 1.19 bits per heavy atom. The normalized spacial score (nSPS) is 12.1. The number of nitrogens with two attached hydrogens (primary N) is 1. The summed E-state index contributed by atoms with van der Waals surface area (Å²) in [5, 5.41) is 9.93. The number of aromatic nitrogens is 4. The van der Waals surface area contributed by atoms with Crippen molar-refractivity contribution in [2.45, 2.75) is 52.2 Å². The van der Waals surface area contributed by atoms with Crippen LogP contribution in [0.1, 0.15) is 39.4 Å². The second-order valence-corrected chi connectivity index (χ2v) is 7.20. The highest BCUT2D eigenvalue weighted by molar-refractivity contribution is 5.85. The molecule has 6 nitrogen and oxygen atoms in total. The molecule has 8 heteroatoms. The molecular weight excluding hydrogens is 352 g/mol. The largest absolute Gasteiger partial charge is 0.390 e. The lowest BCUT2D eigenvalue weighted by Crippen LogP contribution is -2.20. The van der Waals surface area contributed by atoms with Gasteiger partial charge in [0.05, 0.1) is 11.2 Å². The third kappa shape index (κ3) is 3.90. The van der Waals surface area contributed by atoms with Gasteiger partial charge in [0, 0.05) is 13.0 Å². The van der Waals surface area contributed by atoms with Crippen LogP contribution in [-0.2, 0) is 13.0 Å². The standard InChI is InChI=1S/C19H23F2N5O/c1-4-10-26-17(11-6-5-7-12(20)14(11)21)25-15-16(22)23-13(24-18(15)26)8-9-19(2,3)27/h5-7,27H,4,8-10H2,1-3H3,(H2,22,23,24). The second-order valence-electron chi connectivity index (χ2n) is 7.20. The molecule has 2 heterocycles. The minimum atomic E-state index is -0.959. The van der Waals surface area contributed by atoms with Crippen LogP contribution in [0.5, 0.6) is 0 Å². The van der Waals surface area contributed by atoms with E-state index >= 15 is 0 Å². The van der Waals surface area contributed by atoms with E-state index in [0.29, 0.717) is 36.4 Å². The molecule has 0 saturated carbocycles. The number of aliphatic hydroxyl groups is 1. The van der Waals surface area contributed by atoms with E-state index < -0.39 is 17.2 Å². The zero-order valence-corrected chi connectivity index (χ0v) is 15.6. The highest BCUT2D eigenvalue weighted by Gasteiger charge is 2.21. The summed E-state index contributed by atoms with van der Waals surface area (Å²) in [5.41, 5.74) is 6.10. The molecule has 0 atom stereocenters. The first-order valence-electron chi connectivity index (χ1n) is 8.90. The fourth-order valence-corrected chi connectivity index (χ4v) is 2.92. The van der Waals surface area contributed by atoms with Crippen molar-refractivity contribution in [3.63, 3.8) is 0 Å². The summed E-state index contributed by atoms with van der Waals surface area (Å²) in [6.07, 6.45) is 1.65. The molecule has 0 unspecified atom stereocenters.